The van der Waals surface area contributed by atoms with Crippen molar-refractivity contribution in [2.24, 2.45) is 0 Å². The molecule has 0 spiro atoms. The minimum absolute atomic E-state index is 0.0710. The summed E-state index contributed by atoms with van der Waals surface area (Å²) in [5.74, 6) is 0. The van der Waals surface area contributed by atoms with Crippen LogP contribution in [-0.4, -0.2) is 34.2 Å². The highest BCUT2D eigenvalue weighted by molar-refractivity contribution is 7.09. The topological polar surface area (TPSA) is 65.5 Å². The van der Waals surface area contributed by atoms with Crippen LogP contribution in [0.4, 0.5) is 4.79 Å². The van der Waals surface area contributed by atoms with Crippen molar-refractivity contribution in [3.8, 4) is 0 Å². The average molecular weight is 331 g/mol. The summed E-state index contributed by atoms with van der Waals surface area (Å²) in [7, 11) is 0. The standard InChI is InChI=1S/C17H21N3O2S/c1-2-14(16-18-8-10-23-16)19-17(22)20-9-7-12-5-3-4-6-13(12)15(20)11-21/h3-6,8,10,14-15,21H,2,7,9,11H2,1H3,(H,19,22)/t14-,15+/m1/s1. The average Bonchev–Trinajstić information content (AvgIpc) is 3.12. The predicted molar refractivity (Wildman–Crippen MR) is 90.4 cm³/mol. The zero-order valence-corrected chi connectivity index (χ0v) is 13.9. The lowest BCUT2D eigenvalue weighted by atomic mass is 9.93. The van der Waals surface area contributed by atoms with Gasteiger partial charge in [0, 0.05) is 18.1 Å². The molecular weight excluding hydrogens is 310 g/mol. The van der Waals surface area contributed by atoms with Gasteiger partial charge in [0.15, 0.2) is 0 Å². The van der Waals surface area contributed by atoms with Crippen molar-refractivity contribution in [2.75, 3.05) is 13.2 Å². The lowest BCUT2D eigenvalue weighted by molar-refractivity contribution is 0.124. The van der Waals surface area contributed by atoms with Crippen molar-refractivity contribution in [3.05, 3.63) is 52.0 Å². The van der Waals surface area contributed by atoms with Gasteiger partial charge in [-0.15, -0.1) is 11.3 Å². The van der Waals surface area contributed by atoms with Gasteiger partial charge in [-0.2, -0.15) is 0 Å². The van der Waals surface area contributed by atoms with Gasteiger partial charge in [0.25, 0.3) is 0 Å². The van der Waals surface area contributed by atoms with Crippen LogP contribution in [0.25, 0.3) is 0 Å². The zero-order valence-electron chi connectivity index (χ0n) is 13.1. The van der Waals surface area contributed by atoms with Crippen molar-refractivity contribution >= 4 is 17.4 Å². The molecule has 0 unspecified atom stereocenters. The minimum atomic E-state index is -0.284. The summed E-state index contributed by atoms with van der Waals surface area (Å²) in [6.07, 6.45) is 3.35. The number of amides is 2. The second-order valence-electron chi connectivity index (χ2n) is 5.62. The van der Waals surface area contributed by atoms with Crippen molar-refractivity contribution in [3.63, 3.8) is 0 Å². The summed E-state index contributed by atoms with van der Waals surface area (Å²) in [4.78, 5) is 18.8. The molecule has 23 heavy (non-hydrogen) atoms. The number of aliphatic hydroxyl groups is 1. The van der Waals surface area contributed by atoms with Crippen LogP contribution < -0.4 is 5.32 Å². The first-order chi connectivity index (χ1) is 11.2. The van der Waals surface area contributed by atoms with Crippen LogP contribution >= 0.6 is 11.3 Å². The number of carbonyl (C=O) groups is 1. The molecule has 2 atom stereocenters. The molecule has 1 aromatic carbocycles. The third kappa shape index (κ3) is 3.23. The van der Waals surface area contributed by atoms with E-state index < -0.39 is 0 Å². The maximum atomic E-state index is 12.7. The van der Waals surface area contributed by atoms with E-state index in [0.29, 0.717) is 6.54 Å². The van der Waals surface area contributed by atoms with Crippen LogP contribution in [0.2, 0.25) is 0 Å². The largest absolute Gasteiger partial charge is 0.394 e. The lowest BCUT2D eigenvalue weighted by Crippen LogP contribution is -2.47. The van der Waals surface area contributed by atoms with Crippen LogP contribution in [-0.2, 0) is 6.42 Å². The highest BCUT2D eigenvalue weighted by atomic mass is 32.1. The number of urea groups is 1. The first kappa shape index (κ1) is 16.0. The zero-order chi connectivity index (χ0) is 16.2. The van der Waals surface area contributed by atoms with Crippen molar-refractivity contribution < 1.29 is 9.90 Å². The van der Waals surface area contributed by atoms with E-state index in [4.69, 9.17) is 0 Å². The monoisotopic (exact) mass is 331 g/mol. The fourth-order valence-electron chi connectivity index (χ4n) is 3.07. The van der Waals surface area contributed by atoms with Gasteiger partial charge in [-0.25, -0.2) is 9.78 Å². The number of thiazole rings is 1. The number of benzene rings is 1. The molecule has 1 aliphatic rings. The minimum Gasteiger partial charge on any atom is -0.394 e. The normalized spacial score (nSPS) is 18.3. The number of hydrogen-bond donors (Lipinski definition) is 2. The molecule has 5 nitrogen and oxygen atoms in total. The summed E-state index contributed by atoms with van der Waals surface area (Å²) >= 11 is 1.55. The Kier molecular flexibility index (Phi) is 4.93. The molecule has 1 aliphatic heterocycles. The third-order valence-electron chi connectivity index (χ3n) is 4.30. The van der Waals surface area contributed by atoms with Gasteiger partial charge in [-0.1, -0.05) is 31.2 Å². The molecule has 3 rings (SSSR count). The van der Waals surface area contributed by atoms with Gasteiger partial charge < -0.3 is 15.3 Å². The Hall–Kier alpha value is -1.92. The van der Waals surface area contributed by atoms with E-state index in [1.807, 2.05) is 30.5 Å². The molecule has 1 aromatic heterocycles. The van der Waals surface area contributed by atoms with Crippen LogP contribution in [0.5, 0.6) is 0 Å². The lowest BCUT2D eigenvalue weighted by Gasteiger charge is -2.37. The van der Waals surface area contributed by atoms with Crippen molar-refractivity contribution in [1.82, 2.24) is 15.2 Å². The highest BCUT2D eigenvalue weighted by Crippen LogP contribution is 2.30. The van der Waals surface area contributed by atoms with Crippen molar-refractivity contribution in [2.45, 2.75) is 31.8 Å². The Morgan fingerprint density at radius 1 is 1.52 bits per heavy atom. The van der Waals surface area contributed by atoms with E-state index in [0.717, 1.165) is 23.4 Å². The van der Waals surface area contributed by atoms with Crippen LogP contribution in [0.3, 0.4) is 0 Å². The first-order valence-electron chi connectivity index (χ1n) is 7.89. The predicted octanol–water partition coefficient (Wildman–Crippen LogP) is 2.90. The van der Waals surface area contributed by atoms with E-state index in [9.17, 15) is 9.90 Å². The first-order valence-corrected chi connectivity index (χ1v) is 8.77. The van der Waals surface area contributed by atoms with Gasteiger partial charge in [0.05, 0.1) is 18.7 Å². The Morgan fingerprint density at radius 2 is 2.35 bits per heavy atom. The molecule has 2 heterocycles. The third-order valence-corrected chi connectivity index (χ3v) is 5.19. The molecule has 2 N–H and O–H groups in total. The maximum Gasteiger partial charge on any atom is 0.318 e. The molecule has 0 saturated heterocycles. The Morgan fingerprint density at radius 3 is 3.04 bits per heavy atom. The maximum absolute atomic E-state index is 12.7. The van der Waals surface area contributed by atoms with Crippen molar-refractivity contribution in [1.29, 1.82) is 0 Å². The number of carbonyl (C=O) groups excluding carboxylic acids is 1. The van der Waals surface area contributed by atoms with E-state index in [-0.39, 0.29) is 24.7 Å². The van der Waals surface area contributed by atoms with Crippen LogP contribution in [0.15, 0.2) is 35.8 Å². The molecule has 2 amide bonds. The smallest absolute Gasteiger partial charge is 0.318 e. The number of nitrogens with zero attached hydrogens (tertiary/aromatic N) is 2. The van der Waals surface area contributed by atoms with Crippen LogP contribution in [0.1, 0.15) is 41.6 Å². The fourth-order valence-corrected chi connectivity index (χ4v) is 3.84. The molecule has 0 aliphatic carbocycles. The van der Waals surface area contributed by atoms with Crippen LogP contribution in [0, 0.1) is 0 Å². The molecule has 122 valence electrons. The number of fused-ring (bicyclic) bond motifs is 1. The highest BCUT2D eigenvalue weighted by Gasteiger charge is 2.31. The molecule has 0 radical (unpaired) electrons. The van der Waals surface area contributed by atoms with Gasteiger partial charge in [-0.05, 0) is 24.0 Å². The second kappa shape index (κ2) is 7.10. The molecule has 0 bridgehead atoms. The number of hydrogen-bond acceptors (Lipinski definition) is 4. The molecule has 0 saturated carbocycles. The second-order valence-corrected chi connectivity index (χ2v) is 6.55. The summed E-state index contributed by atoms with van der Waals surface area (Å²) in [6, 6.07) is 7.51. The fraction of sp³-hybridized carbons (Fsp3) is 0.412. The molecule has 0 fully saturated rings. The molecule has 6 heteroatoms. The van der Waals surface area contributed by atoms with Gasteiger partial charge in [-0.3, -0.25) is 0 Å². The Balaban J connectivity index is 1.77. The SMILES string of the molecule is CC[C@@H](NC(=O)N1CCc2ccccc2[C@@H]1CO)c1nccs1. The number of aliphatic hydroxyl groups excluding tert-OH is 1. The number of rotatable bonds is 4. The van der Waals surface area contributed by atoms with Gasteiger partial charge in [0.1, 0.15) is 5.01 Å². The molecular formula is C17H21N3O2S. The number of nitrogens with one attached hydrogen (secondary N) is 1. The van der Waals surface area contributed by atoms with E-state index in [2.05, 4.69) is 16.4 Å². The summed E-state index contributed by atoms with van der Waals surface area (Å²) in [5.41, 5.74) is 2.25. The quantitative estimate of drug-likeness (QED) is 0.905. The Bertz CT molecular complexity index is 660. The van der Waals surface area contributed by atoms with E-state index in [1.54, 1.807) is 22.4 Å². The van der Waals surface area contributed by atoms with E-state index in [1.165, 1.54) is 5.56 Å². The van der Waals surface area contributed by atoms with Gasteiger partial charge in [0.2, 0.25) is 0 Å². The van der Waals surface area contributed by atoms with E-state index >= 15 is 0 Å². The Labute approximate surface area is 140 Å². The molecule has 2 aromatic rings. The summed E-state index contributed by atoms with van der Waals surface area (Å²) in [6.45, 7) is 2.57. The summed E-state index contributed by atoms with van der Waals surface area (Å²) < 4.78 is 0. The van der Waals surface area contributed by atoms with Gasteiger partial charge >= 0.3 is 6.03 Å². The summed E-state index contributed by atoms with van der Waals surface area (Å²) in [5, 5.41) is 15.7. The number of aromatic nitrogens is 1.